The van der Waals surface area contributed by atoms with Gasteiger partial charge in [-0.15, -0.1) is 0 Å². The van der Waals surface area contributed by atoms with Gasteiger partial charge in [-0.2, -0.15) is 4.98 Å². The molecule has 2 saturated heterocycles. The van der Waals surface area contributed by atoms with Crippen LogP contribution < -0.4 is 15.1 Å². The lowest BCUT2D eigenvalue weighted by Crippen LogP contribution is -2.49. The highest BCUT2D eigenvalue weighted by atomic mass is 32.2. The van der Waals surface area contributed by atoms with Crippen LogP contribution in [0.2, 0.25) is 0 Å². The van der Waals surface area contributed by atoms with Crippen molar-refractivity contribution in [2.24, 2.45) is 11.3 Å². The summed E-state index contributed by atoms with van der Waals surface area (Å²) in [4.78, 5) is 20.8. The van der Waals surface area contributed by atoms with Crippen molar-refractivity contribution >= 4 is 44.8 Å². The molecule has 0 radical (unpaired) electrons. The molecule has 3 aromatic rings. The van der Waals surface area contributed by atoms with E-state index < -0.39 is 10.8 Å². The molecule has 0 saturated carbocycles. The quantitative estimate of drug-likeness (QED) is 0.450. The Labute approximate surface area is 222 Å². The number of piperidine rings is 1. The van der Waals surface area contributed by atoms with Gasteiger partial charge in [0.15, 0.2) is 0 Å². The molecule has 0 aliphatic carbocycles. The van der Waals surface area contributed by atoms with Crippen LogP contribution in [0.25, 0.3) is 10.8 Å². The minimum absolute atomic E-state index is 0.280. The predicted octanol–water partition coefficient (Wildman–Crippen LogP) is 4.14. The van der Waals surface area contributed by atoms with Gasteiger partial charge >= 0.3 is 0 Å². The average molecular weight is 522 g/mol. The number of benzene rings is 1. The first-order chi connectivity index (χ1) is 17.8. The van der Waals surface area contributed by atoms with E-state index in [9.17, 15) is 4.21 Å². The van der Waals surface area contributed by atoms with Crippen molar-refractivity contribution in [3.8, 4) is 0 Å². The third kappa shape index (κ3) is 6.38. The standard InChI is InChI=1S/C28H39N7OS/c1-28(2)10-6-12-34(20-28)27-29-11-9-25(32-27)31-26-15-22-7-5-8-24(23(22)16-30-26)35-17-21(18-35)19-37(36)14-13-33(3)4/h5,7-9,11,15-16,21H,6,10,12-14,17-20H2,1-4H3,(H,29,30,31,32). The second-order valence-electron chi connectivity index (χ2n) is 11.5. The van der Waals surface area contributed by atoms with Gasteiger partial charge in [0.05, 0.1) is 0 Å². The third-order valence-electron chi connectivity index (χ3n) is 7.31. The van der Waals surface area contributed by atoms with Gasteiger partial charge in [0, 0.05) is 84.4 Å². The summed E-state index contributed by atoms with van der Waals surface area (Å²) in [6.45, 7) is 9.35. The molecular formula is C28H39N7OS. The van der Waals surface area contributed by atoms with E-state index in [1.807, 2.05) is 32.6 Å². The summed E-state index contributed by atoms with van der Waals surface area (Å²) < 4.78 is 12.4. The molecule has 0 bridgehead atoms. The van der Waals surface area contributed by atoms with E-state index in [1.165, 1.54) is 12.1 Å². The maximum absolute atomic E-state index is 12.4. The Bertz CT molecular complexity index is 1260. The van der Waals surface area contributed by atoms with Gasteiger partial charge in [-0.05, 0) is 55.9 Å². The van der Waals surface area contributed by atoms with Crippen LogP contribution in [0, 0.1) is 11.3 Å². The molecule has 0 spiro atoms. The normalized spacial score (nSPS) is 18.7. The number of hydrogen-bond acceptors (Lipinski definition) is 8. The van der Waals surface area contributed by atoms with E-state index in [-0.39, 0.29) is 5.41 Å². The summed E-state index contributed by atoms with van der Waals surface area (Å²) in [7, 11) is 3.30. The number of nitrogens with one attached hydrogen (secondary N) is 1. The molecule has 2 aliphatic heterocycles. The first-order valence-electron chi connectivity index (χ1n) is 13.2. The minimum atomic E-state index is -0.750. The van der Waals surface area contributed by atoms with E-state index in [4.69, 9.17) is 9.97 Å². The molecule has 1 N–H and O–H groups in total. The van der Waals surface area contributed by atoms with E-state index in [1.54, 1.807) is 0 Å². The maximum Gasteiger partial charge on any atom is 0.227 e. The molecule has 2 aromatic heterocycles. The second kappa shape index (κ2) is 10.9. The van der Waals surface area contributed by atoms with Crippen LogP contribution in [0.3, 0.4) is 0 Å². The van der Waals surface area contributed by atoms with Crippen LogP contribution in [-0.2, 0) is 10.8 Å². The van der Waals surface area contributed by atoms with E-state index in [2.05, 4.69) is 63.1 Å². The van der Waals surface area contributed by atoms with Gasteiger partial charge in [0.1, 0.15) is 11.6 Å². The van der Waals surface area contributed by atoms with Crippen LogP contribution in [0.4, 0.5) is 23.3 Å². The summed E-state index contributed by atoms with van der Waals surface area (Å²) in [6.07, 6.45) is 6.16. The summed E-state index contributed by atoms with van der Waals surface area (Å²) >= 11 is 0. The van der Waals surface area contributed by atoms with Crippen LogP contribution in [-0.4, -0.2) is 82.4 Å². The van der Waals surface area contributed by atoms with E-state index in [0.29, 0.717) is 5.92 Å². The molecule has 198 valence electrons. The SMILES string of the molecule is CN(C)CCS(=O)CC1CN(c2cccc3cc(Nc4ccnc(N5CCCC(C)(C)C5)n4)ncc23)C1. The first-order valence-corrected chi connectivity index (χ1v) is 14.7. The van der Waals surface area contributed by atoms with Crippen molar-refractivity contribution < 1.29 is 4.21 Å². The van der Waals surface area contributed by atoms with Crippen LogP contribution >= 0.6 is 0 Å². The van der Waals surface area contributed by atoms with Gasteiger partial charge in [-0.1, -0.05) is 26.0 Å². The number of hydrogen-bond donors (Lipinski definition) is 1. The first kappa shape index (κ1) is 25.9. The fourth-order valence-electron chi connectivity index (χ4n) is 5.30. The molecule has 5 rings (SSSR count). The Hall–Kier alpha value is -2.78. The van der Waals surface area contributed by atoms with Crippen molar-refractivity contribution in [2.75, 3.05) is 73.4 Å². The van der Waals surface area contributed by atoms with Crippen molar-refractivity contribution in [2.45, 2.75) is 26.7 Å². The highest BCUT2D eigenvalue weighted by molar-refractivity contribution is 7.85. The fourth-order valence-corrected chi connectivity index (χ4v) is 6.77. The zero-order valence-electron chi connectivity index (χ0n) is 22.5. The molecule has 2 aliphatic rings. The Morgan fingerprint density at radius 2 is 1.97 bits per heavy atom. The molecule has 1 unspecified atom stereocenters. The molecule has 1 aromatic carbocycles. The summed E-state index contributed by atoms with van der Waals surface area (Å²) in [5, 5.41) is 5.66. The molecule has 8 nitrogen and oxygen atoms in total. The third-order valence-corrected chi connectivity index (χ3v) is 8.79. The Balaban J connectivity index is 1.24. The Kier molecular flexibility index (Phi) is 7.62. The van der Waals surface area contributed by atoms with Crippen LogP contribution in [0.1, 0.15) is 26.7 Å². The molecule has 37 heavy (non-hydrogen) atoms. The van der Waals surface area contributed by atoms with Gasteiger partial charge < -0.3 is 20.0 Å². The summed E-state index contributed by atoms with van der Waals surface area (Å²) in [5.74, 6) is 4.33. The maximum atomic E-state index is 12.4. The fraction of sp³-hybridized carbons (Fsp3) is 0.536. The molecule has 4 heterocycles. The Morgan fingerprint density at radius 1 is 1.14 bits per heavy atom. The Morgan fingerprint density at radius 3 is 2.76 bits per heavy atom. The van der Waals surface area contributed by atoms with E-state index >= 15 is 0 Å². The number of rotatable bonds is 9. The minimum Gasteiger partial charge on any atom is -0.370 e. The molecule has 9 heteroatoms. The number of fused-ring (bicyclic) bond motifs is 1. The number of anilines is 4. The topological polar surface area (TPSA) is 77.5 Å². The zero-order valence-corrected chi connectivity index (χ0v) is 23.3. The van der Waals surface area contributed by atoms with Gasteiger partial charge in [-0.3, -0.25) is 4.21 Å². The van der Waals surface area contributed by atoms with Crippen LogP contribution in [0.5, 0.6) is 0 Å². The van der Waals surface area contributed by atoms with Crippen molar-refractivity contribution in [3.05, 3.63) is 42.7 Å². The van der Waals surface area contributed by atoms with E-state index in [0.717, 1.165) is 79.0 Å². The summed E-state index contributed by atoms with van der Waals surface area (Å²) in [6, 6.07) is 10.4. The predicted molar refractivity (Wildman–Crippen MR) is 154 cm³/mol. The van der Waals surface area contributed by atoms with Crippen LogP contribution in [0.15, 0.2) is 42.7 Å². The number of pyridine rings is 1. The number of nitrogens with zero attached hydrogens (tertiary/aromatic N) is 6. The molecular weight excluding hydrogens is 482 g/mol. The summed E-state index contributed by atoms with van der Waals surface area (Å²) in [5.41, 5.74) is 1.48. The molecule has 1 atom stereocenters. The zero-order chi connectivity index (χ0) is 26.0. The largest absolute Gasteiger partial charge is 0.370 e. The van der Waals surface area contributed by atoms with Gasteiger partial charge in [-0.25, -0.2) is 9.97 Å². The van der Waals surface area contributed by atoms with Gasteiger partial charge in [0.2, 0.25) is 5.95 Å². The smallest absolute Gasteiger partial charge is 0.227 e. The average Bonchev–Trinajstić information content (AvgIpc) is 2.84. The van der Waals surface area contributed by atoms with Gasteiger partial charge in [0.25, 0.3) is 0 Å². The molecule has 2 fully saturated rings. The van der Waals surface area contributed by atoms with Crippen molar-refractivity contribution in [3.63, 3.8) is 0 Å². The lowest BCUT2D eigenvalue weighted by atomic mass is 9.84. The lowest BCUT2D eigenvalue weighted by Gasteiger charge is -2.41. The lowest BCUT2D eigenvalue weighted by molar-refractivity contribution is 0.291. The van der Waals surface area contributed by atoms with Crippen molar-refractivity contribution in [1.82, 2.24) is 19.9 Å². The number of aromatic nitrogens is 3. The highest BCUT2D eigenvalue weighted by Gasteiger charge is 2.30. The monoisotopic (exact) mass is 521 g/mol. The second-order valence-corrected chi connectivity index (χ2v) is 13.1. The molecule has 0 amide bonds. The highest BCUT2D eigenvalue weighted by Crippen LogP contribution is 2.33. The van der Waals surface area contributed by atoms with Crippen molar-refractivity contribution in [1.29, 1.82) is 0 Å².